The maximum atomic E-state index is 12.1. The SMILES string of the molecule is COc1ccc(Cl)cc1NC(=O)C(=O)NCCc1ccc2c(c1)CCCN2C. The van der Waals surface area contributed by atoms with E-state index in [9.17, 15) is 9.59 Å². The third-order valence-electron chi connectivity index (χ3n) is 4.81. The van der Waals surface area contributed by atoms with Crippen LogP contribution >= 0.6 is 11.6 Å². The van der Waals surface area contributed by atoms with E-state index in [0.717, 1.165) is 24.9 Å². The van der Waals surface area contributed by atoms with Gasteiger partial charge in [0.25, 0.3) is 0 Å². The zero-order valence-electron chi connectivity index (χ0n) is 16.0. The van der Waals surface area contributed by atoms with Crippen molar-refractivity contribution in [3.63, 3.8) is 0 Å². The number of halogens is 1. The molecule has 0 atom stereocenters. The second-order valence-electron chi connectivity index (χ2n) is 6.79. The number of nitrogens with one attached hydrogen (secondary N) is 2. The molecule has 0 bridgehead atoms. The largest absolute Gasteiger partial charge is 0.495 e. The number of aryl methyl sites for hydroxylation is 1. The van der Waals surface area contributed by atoms with E-state index in [1.165, 1.54) is 24.4 Å². The Morgan fingerprint density at radius 1 is 1.18 bits per heavy atom. The van der Waals surface area contributed by atoms with Crippen LogP contribution in [0.15, 0.2) is 36.4 Å². The fraction of sp³-hybridized carbons (Fsp3) is 0.333. The first kappa shape index (κ1) is 20.0. The van der Waals surface area contributed by atoms with Gasteiger partial charge in [0.2, 0.25) is 0 Å². The quantitative estimate of drug-likeness (QED) is 0.755. The lowest BCUT2D eigenvalue weighted by atomic mass is 9.98. The third kappa shape index (κ3) is 4.75. The van der Waals surface area contributed by atoms with Crippen molar-refractivity contribution in [3.05, 3.63) is 52.5 Å². The number of hydrogen-bond donors (Lipinski definition) is 2. The highest BCUT2D eigenvalue weighted by molar-refractivity contribution is 6.40. The second kappa shape index (κ2) is 8.97. The number of anilines is 2. The predicted molar refractivity (Wildman–Crippen MR) is 111 cm³/mol. The summed E-state index contributed by atoms with van der Waals surface area (Å²) in [6, 6.07) is 11.2. The summed E-state index contributed by atoms with van der Waals surface area (Å²) in [6.45, 7) is 1.46. The Hall–Kier alpha value is -2.73. The van der Waals surface area contributed by atoms with Crippen LogP contribution in [-0.2, 0) is 22.4 Å². The maximum Gasteiger partial charge on any atom is 0.313 e. The van der Waals surface area contributed by atoms with E-state index < -0.39 is 11.8 Å². The number of hydrogen-bond acceptors (Lipinski definition) is 4. The Labute approximate surface area is 169 Å². The van der Waals surface area contributed by atoms with Crippen molar-refractivity contribution in [2.24, 2.45) is 0 Å². The molecule has 6 nitrogen and oxygen atoms in total. The molecule has 2 amide bonds. The van der Waals surface area contributed by atoms with Gasteiger partial charge in [0.15, 0.2) is 0 Å². The zero-order chi connectivity index (χ0) is 20.1. The number of benzene rings is 2. The molecule has 2 aromatic rings. The van der Waals surface area contributed by atoms with Crippen molar-refractivity contribution in [1.82, 2.24) is 5.32 Å². The van der Waals surface area contributed by atoms with E-state index in [2.05, 4.69) is 40.8 Å². The Kier molecular flexibility index (Phi) is 6.41. The number of rotatable bonds is 5. The summed E-state index contributed by atoms with van der Waals surface area (Å²) in [5.41, 5.74) is 4.11. The smallest absolute Gasteiger partial charge is 0.313 e. The Balaban J connectivity index is 1.53. The van der Waals surface area contributed by atoms with Crippen LogP contribution in [0.25, 0.3) is 0 Å². The monoisotopic (exact) mass is 401 g/mol. The van der Waals surface area contributed by atoms with Gasteiger partial charge in [0.1, 0.15) is 5.75 Å². The van der Waals surface area contributed by atoms with Crippen molar-refractivity contribution in [1.29, 1.82) is 0 Å². The van der Waals surface area contributed by atoms with Crippen molar-refractivity contribution >= 4 is 34.8 Å². The van der Waals surface area contributed by atoms with Crippen LogP contribution < -0.4 is 20.3 Å². The fourth-order valence-corrected chi connectivity index (χ4v) is 3.52. The minimum Gasteiger partial charge on any atom is -0.495 e. The molecule has 0 fully saturated rings. The van der Waals surface area contributed by atoms with Crippen LogP contribution in [0.3, 0.4) is 0 Å². The number of carbonyl (C=O) groups is 2. The number of ether oxygens (including phenoxy) is 1. The average molecular weight is 402 g/mol. The van der Waals surface area contributed by atoms with Gasteiger partial charge in [0.05, 0.1) is 12.8 Å². The minimum atomic E-state index is -0.757. The molecule has 28 heavy (non-hydrogen) atoms. The van der Waals surface area contributed by atoms with Crippen LogP contribution in [0.1, 0.15) is 17.5 Å². The molecule has 1 heterocycles. The number of amides is 2. The molecule has 0 aliphatic carbocycles. The summed E-state index contributed by atoms with van der Waals surface area (Å²) < 4.78 is 5.16. The van der Waals surface area contributed by atoms with Crippen LogP contribution in [0.5, 0.6) is 5.75 Å². The first-order valence-electron chi connectivity index (χ1n) is 9.23. The lowest BCUT2D eigenvalue weighted by Crippen LogP contribution is -2.36. The highest BCUT2D eigenvalue weighted by Crippen LogP contribution is 2.28. The maximum absolute atomic E-state index is 12.1. The molecule has 0 saturated heterocycles. The van der Waals surface area contributed by atoms with Gasteiger partial charge in [-0.1, -0.05) is 23.7 Å². The molecule has 7 heteroatoms. The molecule has 1 aliphatic rings. The van der Waals surface area contributed by atoms with Gasteiger partial charge in [-0.3, -0.25) is 9.59 Å². The van der Waals surface area contributed by atoms with E-state index in [4.69, 9.17) is 16.3 Å². The lowest BCUT2D eigenvalue weighted by molar-refractivity contribution is -0.136. The molecule has 3 rings (SSSR count). The number of nitrogens with zero attached hydrogens (tertiary/aromatic N) is 1. The molecule has 148 valence electrons. The standard InChI is InChI=1S/C21H24ClN3O3/c1-25-11-3-4-15-12-14(5-7-18(15)25)9-10-23-20(26)21(27)24-17-13-16(22)6-8-19(17)28-2/h5-8,12-13H,3-4,9-11H2,1-2H3,(H,23,26)(H,24,27). The molecule has 2 N–H and O–H groups in total. The molecule has 0 unspecified atom stereocenters. The number of carbonyl (C=O) groups excluding carboxylic acids is 2. The van der Waals surface area contributed by atoms with Gasteiger partial charge in [-0.2, -0.15) is 0 Å². The van der Waals surface area contributed by atoms with Gasteiger partial charge >= 0.3 is 11.8 Å². The van der Waals surface area contributed by atoms with E-state index in [1.54, 1.807) is 12.1 Å². The Bertz CT molecular complexity index is 885. The van der Waals surface area contributed by atoms with Crippen molar-refractivity contribution in [2.75, 3.05) is 37.5 Å². The summed E-state index contributed by atoms with van der Waals surface area (Å²) in [5, 5.41) is 5.63. The third-order valence-corrected chi connectivity index (χ3v) is 5.05. The first-order chi connectivity index (χ1) is 13.5. The van der Waals surface area contributed by atoms with Crippen LogP contribution in [0.4, 0.5) is 11.4 Å². The Morgan fingerprint density at radius 2 is 2.00 bits per heavy atom. The molecule has 0 spiro atoms. The molecule has 1 aliphatic heterocycles. The van der Waals surface area contributed by atoms with Crippen molar-refractivity contribution < 1.29 is 14.3 Å². The number of methoxy groups -OCH3 is 1. The van der Waals surface area contributed by atoms with Crippen LogP contribution in [-0.4, -0.2) is 39.1 Å². The van der Waals surface area contributed by atoms with Gasteiger partial charge in [0, 0.05) is 30.8 Å². The summed E-state index contributed by atoms with van der Waals surface area (Å²) in [5.74, 6) is -1.02. The summed E-state index contributed by atoms with van der Waals surface area (Å²) >= 11 is 5.94. The molecular formula is C21H24ClN3O3. The summed E-state index contributed by atoms with van der Waals surface area (Å²) in [4.78, 5) is 26.5. The summed E-state index contributed by atoms with van der Waals surface area (Å²) in [6.07, 6.45) is 2.89. The van der Waals surface area contributed by atoms with Crippen molar-refractivity contribution in [2.45, 2.75) is 19.3 Å². The number of fused-ring (bicyclic) bond motifs is 1. The topological polar surface area (TPSA) is 70.7 Å². The second-order valence-corrected chi connectivity index (χ2v) is 7.23. The highest BCUT2D eigenvalue weighted by Gasteiger charge is 2.17. The molecule has 0 aromatic heterocycles. The van der Waals surface area contributed by atoms with Crippen molar-refractivity contribution in [3.8, 4) is 5.75 Å². The highest BCUT2D eigenvalue weighted by atomic mass is 35.5. The summed E-state index contributed by atoms with van der Waals surface area (Å²) in [7, 11) is 3.58. The average Bonchev–Trinajstić information content (AvgIpc) is 2.68. The minimum absolute atomic E-state index is 0.356. The predicted octanol–water partition coefficient (Wildman–Crippen LogP) is 3.03. The van der Waals surface area contributed by atoms with E-state index in [1.807, 2.05) is 0 Å². The Morgan fingerprint density at radius 3 is 2.79 bits per heavy atom. The molecule has 2 aromatic carbocycles. The van der Waals surface area contributed by atoms with E-state index in [-0.39, 0.29) is 0 Å². The van der Waals surface area contributed by atoms with Gasteiger partial charge in [-0.05, 0) is 54.7 Å². The van der Waals surface area contributed by atoms with Crippen LogP contribution in [0, 0.1) is 0 Å². The molecule has 0 radical (unpaired) electrons. The van der Waals surface area contributed by atoms with Crippen LogP contribution in [0.2, 0.25) is 5.02 Å². The zero-order valence-corrected chi connectivity index (χ0v) is 16.8. The van der Waals surface area contributed by atoms with Gasteiger partial charge in [-0.15, -0.1) is 0 Å². The van der Waals surface area contributed by atoms with Gasteiger partial charge < -0.3 is 20.3 Å². The normalized spacial score (nSPS) is 12.9. The first-order valence-corrected chi connectivity index (χ1v) is 9.61. The van der Waals surface area contributed by atoms with E-state index >= 15 is 0 Å². The van der Waals surface area contributed by atoms with E-state index in [0.29, 0.717) is 29.4 Å². The fourth-order valence-electron chi connectivity index (χ4n) is 3.35. The van der Waals surface area contributed by atoms with Gasteiger partial charge in [-0.25, -0.2) is 0 Å². The molecule has 0 saturated carbocycles. The lowest BCUT2D eigenvalue weighted by Gasteiger charge is -2.27. The molecular weight excluding hydrogens is 378 g/mol.